The number of hydrogen-bond donors (Lipinski definition) is 2. The summed E-state index contributed by atoms with van der Waals surface area (Å²) in [6.45, 7) is 3.91. The molecule has 6 heteroatoms. The Labute approximate surface area is 176 Å². The van der Waals surface area contributed by atoms with Crippen molar-refractivity contribution in [2.45, 2.75) is 25.2 Å². The molecule has 0 atom stereocenters. The van der Waals surface area contributed by atoms with Crippen LogP contribution in [0.4, 0.5) is 0 Å². The van der Waals surface area contributed by atoms with Crippen molar-refractivity contribution in [2.24, 2.45) is 0 Å². The smallest absolute Gasteiger partial charge is 0.255 e. The number of ether oxygens (including phenoxy) is 2. The van der Waals surface area contributed by atoms with Crippen molar-refractivity contribution in [3.63, 3.8) is 0 Å². The van der Waals surface area contributed by atoms with Gasteiger partial charge in [0.15, 0.2) is 0 Å². The number of nitrogens with one attached hydrogen (secondary N) is 2. The molecule has 0 unspecified atom stereocenters. The minimum atomic E-state index is -0.234. The number of H-pyrrole nitrogens is 1. The van der Waals surface area contributed by atoms with Gasteiger partial charge in [0.05, 0.1) is 24.6 Å². The van der Waals surface area contributed by atoms with Crippen molar-refractivity contribution in [1.82, 2.24) is 15.5 Å². The lowest BCUT2D eigenvalue weighted by atomic mass is 9.73. The lowest BCUT2D eigenvalue weighted by Gasteiger charge is -2.38. The zero-order valence-corrected chi connectivity index (χ0v) is 17.4. The predicted molar refractivity (Wildman–Crippen MR) is 116 cm³/mol. The highest BCUT2D eigenvalue weighted by atomic mass is 16.5. The van der Waals surface area contributed by atoms with Crippen LogP contribution in [0.25, 0.3) is 11.3 Å². The second-order valence-corrected chi connectivity index (χ2v) is 7.80. The summed E-state index contributed by atoms with van der Waals surface area (Å²) in [4.78, 5) is 13.1. The van der Waals surface area contributed by atoms with E-state index in [1.54, 1.807) is 13.3 Å². The number of benzene rings is 2. The van der Waals surface area contributed by atoms with Crippen molar-refractivity contribution < 1.29 is 14.3 Å². The van der Waals surface area contributed by atoms with Gasteiger partial charge >= 0.3 is 0 Å². The van der Waals surface area contributed by atoms with E-state index in [0.717, 1.165) is 35.4 Å². The maximum Gasteiger partial charge on any atom is 0.255 e. The quantitative estimate of drug-likeness (QED) is 0.653. The van der Waals surface area contributed by atoms with Gasteiger partial charge in [-0.1, -0.05) is 48.0 Å². The van der Waals surface area contributed by atoms with E-state index in [-0.39, 0.29) is 11.3 Å². The molecule has 1 saturated heterocycles. The fraction of sp³-hybridized carbons (Fsp3) is 0.333. The Morgan fingerprint density at radius 2 is 1.97 bits per heavy atom. The Kier molecular flexibility index (Phi) is 5.86. The van der Waals surface area contributed by atoms with Crippen LogP contribution in [-0.2, 0) is 10.2 Å². The van der Waals surface area contributed by atoms with Crippen molar-refractivity contribution in [1.29, 1.82) is 0 Å². The van der Waals surface area contributed by atoms with Gasteiger partial charge < -0.3 is 14.8 Å². The van der Waals surface area contributed by atoms with Crippen molar-refractivity contribution >= 4 is 5.91 Å². The number of nitrogens with zero attached hydrogens (tertiary/aromatic N) is 1. The number of rotatable bonds is 6. The monoisotopic (exact) mass is 405 g/mol. The Bertz CT molecular complexity index is 1010. The van der Waals surface area contributed by atoms with Gasteiger partial charge in [-0.3, -0.25) is 9.89 Å². The zero-order valence-electron chi connectivity index (χ0n) is 17.4. The summed E-state index contributed by atoms with van der Waals surface area (Å²) in [6, 6.07) is 16.0. The first-order valence-corrected chi connectivity index (χ1v) is 10.2. The van der Waals surface area contributed by atoms with E-state index in [4.69, 9.17) is 9.47 Å². The molecule has 1 amide bonds. The van der Waals surface area contributed by atoms with Gasteiger partial charge in [0.25, 0.3) is 5.91 Å². The SMILES string of the molecule is COc1ccc(C)cc1C1(CNC(=O)c2cn[nH]c2-c2ccccc2)CCOCC1. The van der Waals surface area contributed by atoms with Crippen LogP contribution >= 0.6 is 0 Å². The van der Waals surface area contributed by atoms with E-state index >= 15 is 0 Å². The maximum atomic E-state index is 13.1. The summed E-state index contributed by atoms with van der Waals surface area (Å²) >= 11 is 0. The predicted octanol–water partition coefficient (Wildman–Crippen LogP) is 3.87. The molecule has 1 aliphatic heterocycles. The van der Waals surface area contributed by atoms with Crippen LogP contribution in [0.2, 0.25) is 0 Å². The van der Waals surface area contributed by atoms with Crippen LogP contribution in [0, 0.1) is 6.92 Å². The second kappa shape index (κ2) is 8.71. The van der Waals surface area contributed by atoms with Gasteiger partial charge in [-0.2, -0.15) is 5.10 Å². The molecule has 0 aliphatic carbocycles. The van der Waals surface area contributed by atoms with Crippen LogP contribution in [0.3, 0.4) is 0 Å². The van der Waals surface area contributed by atoms with Crippen molar-refractivity contribution in [3.8, 4) is 17.0 Å². The van der Waals surface area contributed by atoms with Crippen LogP contribution in [0.1, 0.15) is 34.3 Å². The Hall–Kier alpha value is -3.12. The lowest BCUT2D eigenvalue weighted by Crippen LogP contribution is -2.45. The van der Waals surface area contributed by atoms with Gasteiger partial charge in [0, 0.05) is 36.3 Å². The molecule has 2 heterocycles. The summed E-state index contributed by atoms with van der Waals surface area (Å²) in [5, 5.41) is 10.2. The van der Waals surface area contributed by atoms with Crippen molar-refractivity contribution in [3.05, 3.63) is 71.4 Å². The number of hydrogen-bond acceptors (Lipinski definition) is 4. The zero-order chi connectivity index (χ0) is 21.0. The molecule has 2 aromatic carbocycles. The minimum Gasteiger partial charge on any atom is -0.496 e. The number of carbonyl (C=O) groups excluding carboxylic acids is 1. The molecule has 1 fully saturated rings. The number of carbonyl (C=O) groups is 1. The largest absolute Gasteiger partial charge is 0.496 e. The Morgan fingerprint density at radius 1 is 1.20 bits per heavy atom. The Morgan fingerprint density at radius 3 is 2.70 bits per heavy atom. The van der Waals surface area contributed by atoms with Crippen LogP contribution < -0.4 is 10.1 Å². The summed E-state index contributed by atoms with van der Waals surface area (Å²) in [5.74, 6) is 0.713. The van der Waals surface area contributed by atoms with Gasteiger partial charge in [0.1, 0.15) is 5.75 Å². The number of amides is 1. The summed E-state index contributed by atoms with van der Waals surface area (Å²) in [7, 11) is 1.69. The van der Waals surface area contributed by atoms with Crippen molar-refractivity contribution in [2.75, 3.05) is 26.9 Å². The molecule has 1 aromatic heterocycles. The number of aromatic amines is 1. The van der Waals surface area contributed by atoms with E-state index in [2.05, 4.69) is 28.5 Å². The second-order valence-electron chi connectivity index (χ2n) is 7.80. The first kappa shape index (κ1) is 20.2. The fourth-order valence-corrected chi connectivity index (χ4v) is 4.17. The molecule has 156 valence electrons. The average Bonchev–Trinajstić information content (AvgIpc) is 3.29. The summed E-state index contributed by atoms with van der Waals surface area (Å²) < 4.78 is 11.3. The number of methoxy groups -OCH3 is 1. The van der Waals surface area contributed by atoms with Gasteiger partial charge in [-0.15, -0.1) is 0 Å². The van der Waals surface area contributed by atoms with Crippen LogP contribution in [0.15, 0.2) is 54.7 Å². The third kappa shape index (κ3) is 3.96. The molecule has 3 aromatic rings. The molecule has 2 N–H and O–H groups in total. The van der Waals surface area contributed by atoms with E-state index in [1.165, 1.54) is 5.56 Å². The third-order valence-corrected chi connectivity index (χ3v) is 5.91. The van der Waals surface area contributed by atoms with E-state index in [0.29, 0.717) is 25.3 Å². The van der Waals surface area contributed by atoms with Gasteiger partial charge in [0.2, 0.25) is 0 Å². The molecular formula is C24H27N3O3. The number of aromatic nitrogens is 2. The highest BCUT2D eigenvalue weighted by molar-refractivity contribution is 5.99. The average molecular weight is 405 g/mol. The summed E-state index contributed by atoms with van der Waals surface area (Å²) in [6.07, 6.45) is 3.23. The van der Waals surface area contributed by atoms with E-state index in [1.807, 2.05) is 42.5 Å². The first-order valence-electron chi connectivity index (χ1n) is 10.2. The minimum absolute atomic E-state index is 0.139. The molecular weight excluding hydrogens is 378 g/mol. The third-order valence-electron chi connectivity index (χ3n) is 5.91. The Balaban J connectivity index is 1.60. The first-order chi connectivity index (χ1) is 14.6. The molecule has 0 radical (unpaired) electrons. The normalized spacial score (nSPS) is 15.5. The summed E-state index contributed by atoms with van der Waals surface area (Å²) in [5.41, 5.74) is 4.26. The van der Waals surface area contributed by atoms with Gasteiger partial charge in [-0.05, 0) is 25.8 Å². The number of aryl methyl sites for hydroxylation is 1. The molecule has 30 heavy (non-hydrogen) atoms. The van der Waals surface area contributed by atoms with E-state index in [9.17, 15) is 4.79 Å². The molecule has 0 spiro atoms. The van der Waals surface area contributed by atoms with Crippen LogP contribution in [-0.4, -0.2) is 43.0 Å². The molecule has 0 bridgehead atoms. The van der Waals surface area contributed by atoms with Crippen LogP contribution in [0.5, 0.6) is 5.75 Å². The molecule has 4 rings (SSSR count). The highest BCUT2D eigenvalue weighted by Gasteiger charge is 2.37. The molecule has 0 saturated carbocycles. The highest BCUT2D eigenvalue weighted by Crippen LogP contribution is 2.40. The molecule has 6 nitrogen and oxygen atoms in total. The maximum absolute atomic E-state index is 13.1. The molecule has 1 aliphatic rings. The lowest BCUT2D eigenvalue weighted by molar-refractivity contribution is 0.0479. The topological polar surface area (TPSA) is 76.2 Å². The standard InChI is InChI=1S/C24H27N3O3/c1-17-8-9-21(29-2)20(14-17)24(10-12-30-13-11-24)16-25-23(28)19-15-26-27-22(19)18-6-4-3-5-7-18/h3-9,14-15H,10-13,16H2,1-2H3,(H,25,28)(H,26,27). The van der Waals surface area contributed by atoms with E-state index < -0.39 is 0 Å². The van der Waals surface area contributed by atoms with Gasteiger partial charge in [-0.25, -0.2) is 0 Å². The fourth-order valence-electron chi connectivity index (χ4n) is 4.17.